The third-order valence-electron chi connectivity index (χ3n) is 8.44. The minimum atomic E-state index is -0.0467. The number of hydrogen-bond donors (Lipinski definition) is 1. The van der Waals surface area contributed by atoms with Crippen LogP contribution in [0.2, 0.25) is 5.02 Å². The molecule has 2 aromatic rings. The van der Waals surface area contributed by atoms with E-state index >= 15 is 0 Å². The van der Waals surface area contributed by atoms with Crippen LogP contribution in [0.1, 0.15) is 56.6 Å². The summed E-state index contributed by atoms with van der Waals surface area (Å²) in [4.78, 5) is 30.5. The van der Waals surface area contributed by atoms with Crippen molar-refractivity contribution in [2.45, 2.75) is 63.6 Å². The molecule has 3 aliphatic rings. The highest BCUT2D eigenvalue weighted by molar-refractivity contribution is 6.30. The van der Waals surface area contributed by atoms with Crippen molar-refractivity contribution < 1.29 is 4.79 Å². The molecule has 2 N–H and O–H groups in total. The van der Waals surface area contributed by atoms with E-state index in [0.29, 0.717) is 24.0 Å². The predicted octanol–water partition coefficient (Wildman–Crippen LogP) is 4.67. The molecule has 1 saturated carbocycles. The van der Waals surface area contributed by atoms with Crippen LogP contribution in [0.15, 0.2) is 53.5 Å². The summed E-state index contributed by atoms with van der Waals surface area (Å²) < 4.78 is 1.80. The van der Waals surface area contributed by atoms with E-state index < -0.39 is 0 Å². The molecule has 1 aliphatic carbocycles. The van der Waals surface area contributed by atoms with Crippen molar-refractivity contribution in [2.24, 2.45) is 17.1 Å². The first-order valence-electron chi connectivity index (χ1n) is 12.7. The van der Waals surface area contributed by atoms with Crippen LogP contribution in [0.5, 0.6) is 0 Å². The molecule has 3 heterocycles. The Morgan fingerprint density at radius 3 is 2.59 bits per heavy atom. The van der Waals surface area contributed by atoms with E-state index in [0.717, 1.165) is 45.2 Å². The van der Waals surface area contributed by atoms with Gasteiger partial charge in [0.15, 0.2) is 0 Å². The molecule has 2 saturated heterocycles. The number of carbonyl (C=O) groups excluding carboxylic acids is 1. The summed E-state index contributed by atoms with van der Waals surface area (Å²) in [6, 6.07) is 13.9. The highest BCUT2D eigenvalue weighted by Crippen LogP contribution is 2.49. The molecule has 7 heteroatoms. The summed E-state index contributed by atoms with van der Waals surface area (Å²) in [7, 11) is 0. The summed E-state index contributed by atoms with van der Waals surface area (Å²) in [6.07, 6.45) is 9.01. The van der Waals surface area contributed by atoms with Gasteiger partial charge in [-0.05, 0) is 55.1 Å². The van der Waals surface area contributed by atoms with E-state index in [-0.39, 0.29) is 29.1 Å². The number of aromatic nitrogens is 1. The van der Waals surface area contributed by atoms with E-state index in [1.807, 2.05) is 24.4 Å². The first kappa shape index (κ1) is 23.4. The first-order valence-corrected chi connectivity index (χ1v) is 13.0. The molecule has 0 unspecified atom stereocenters. The fourth-order valence-electron chi connectivity index (χ4n) is 6.57. The zero-order valence-corrected chi connectivity index (χ0v) is 20.5. The molecule has 2 aliphatic heterocycles. The number of carbonyl (C=O) groups is 1. The van der Waals surface area contributed by atoms with Crippen LogP contribution in [-0.2, 0) is 6.54 Å². The third-order valence-corrected chi connectivity index (χ3v) is 8.67. The highest BCUT2D eigenvalue weighted by atomic mass is 35.5. The summed E-state index contributed by atoms with van der Waals surface area (Å²) in [5.41, 5.74) is 7.53. The second-order valence-electron chi connectivity index (χ2n) is 10.5. The average molecular weight is 483 g/mol. The zero-order valence-electron chi connectivity index (χ0n) is 19.7. The number of likely N-dealkylation sites (tertiary alicyclic amines) is 2. The van der Waals surface area contributed by atoms with Gasteiger partial charge < -0.3 is 20.1 Å². The largest absolute Gasteiger partial charge is 0.328 e. The Balaban J connectivity index is 1.35. The van der Waals surface area contributed by atoms with Crippen molar-refractivity contribution in [1.29, 1.82) is 0 Å². The first-order chi connectivity index (χ1) is 16.4. The van der Waals surface area contributed by atoms with Gasteiger partial charge in [0.25, 0.3) is 5.56 Å². The number of amides is 2. The van der Waals surface area contributed by atoms with Gasteiger partial charge in [0.1, 0.15) is 0 Å². The fourth-order valence-corrected chi connectivity index (χ4v) is 6.72. The molecule has 182 valence electrons. The summed E-state index contributed by atoms with van der Waals surface area (Å²) in [5.74, 6) is 0.387. The van der Waals surface area contributed by atoms with Gasteiger partial charge in [-0.15, -0.1) is 0 Å². The van der Waals surface area contributed by atoms with Crippen LogP contribution in [0.25, 0.3) is 0 Å². The van der Waals surface area contributed by atoms with Crippen LogP contribution >= 0.6 is 11.6 Å². The number of nitrogens with zero attached hydrogens (tertiary/aromatic N) is 3. The van der Waals surface area contributed by atoms with Gasteiger partial charge in [-0.25, -0.2) is 4.79 Å². The summed E-state index contributed by atoms with van der Waals surface area (Å²) in [5, 5.41) is 0.478. The molecule has 6 nitrogen and oxygen atoms in total. The lowest BCUT2D eigenvalue weighted by Gasteiger charge is -2.49. The smallest absolute Gasteiger partial charge is 0.320 e. The normalized spacial score (nSPS) is 26.7. The molecule has 0 bridgehead atoms. The number of rotatable bonds is 3. The third kappa shape index (κ3) is 4.63. The molecule has 1 aromatic heterocycles. The molecular weight excluding hydrogens is 448 g/mol. The van der Waals surface area contributed by atoms with E-state index in [4.69, 9.17) is 17.3 Å². The number of halogens is 1. The maximum Gasteiger partial charge on any atom is 0.320 e. The van der Waals surface area contributed by atoms with Crippen LogP contribution in [0, 0.1) is 11.3 Å². The summed E-state index contributed by atoms with van der Waals surface area (Å²) in [6.45, 7) is 2.91. The highest BCUT2D eigenvalue weighted by Gasteiger charge is 2.47. The SMILES string of the molecule is N[C@@H]1CCN(C(=O)N2CC[C@@H](Cn3ccc(Cl)cc3=O)C3(CCCC3)C2)[C@H](c2ccccc2)C1. The maximum atomic E-state index is 13.9. The van der Waals surface area contributed by atoms with Gasteiger partial charge >= 0.3 is 6.03 Å². The molecule has 34 heavy (non-hydrogen) atoms. The van der Waals surface area contributed by atoms with Crippen molar-refractivity contribution in [3.63, 3.8) is 0 Å². The Kier molecular flexibility index (Phi) is 6.72. The monoisotopic (exact) mass is 482 g/mol. The van der Waals surface area contributed by atoms with Crippen LogP contribution < -0.4 is 11.3 Å². The lowest BCUT2D eigenvalue weighted by atomic mass is 9.69. The van der Waals surface area contributed by atoms with E-state index in [2.05, 4.69) is 21.9 Å². The fraction of sp³-hybridized carbons (Fsp3) is 0.556. The van der Waals surface area contributed by atoms with Crippen LogP contribution in [-0.4, -0.2) is 46.1 Å². The van der Waals surface area contributed by atoms with Crippen molar-refractivity contribution in [1.82, 2.24) is 14.4 Å². The van der Waals surface area contributed by atoms with Crippen LogP contribution in [0.3, 0.4) is 0 Å². The molecule has 3 atom stereocenters. The Morgan fingerprint density at radius 1 is 1.09 bits per heavy atom. The lowest BCUT2D eigenvalue weighted by molar-refractivity contribution is 0.0215. The van der Waals surface area contributed by atoms with Gasteiger partial charge in [-0.3, -0.25) is 4.79 Å². The molecule has 1 aromatic carbocycles. The van der Waals surface area contributed by atoms with Gasteiger partial charge in [0.05, 0.1) is 6.04 Å². The zero-order chi connectivity index (χ0) is 23.7. The van der Waals surface area contributed by atoms with E-state index in [9.17, 15) is 9.59 Å². The second kappa shape index (κ2) is 9.74. The number of pyridine rings is 1. The van der Waals surface area contributed by atoms with Gasteiger partial charge in [-0.2, -0.15) is 0 Å². The maximum absolute atomic E-state index is 13.9. The van der Waals surface area contributed by atoms with Gasteiger partial charge in [0, 0.05) is 49.5 Å². The Labute approximate surface area is 206 Å². The molecule has 0 radical (unpaired) electrons. The van der Waals surface area contributed by atoms with Crippen molar-refractivity contribution in [3.05, 3.63) is 69.6 Å². The van der Waals surface area contributed by atoms with Crippen molar-refractivity contribution in [3.8, 4) is 0 Å². The molecular formula is C27H35ClN4O2. The number of benzene rings is 1. The Hall–Kier alpha value is -2.31. The molecule has 1 spiro atoms. The molecule has 5 rings (SSSR count). The molecule has 3 fully saturated rings. The number of piperidine rings is 2. The second-order valence-corrected chi connectivity index (χ2v) is 10.9. The number of hydrogen-bond acceptors (Lipinski definition) is 3. The Bertz CT molecular complexity index is 1070. The summed E-state index contributed by atoms with van der Waals surface area (Å²) >= 11 is 6.00. The Morgan fingerprint density at radius 2 is 1.85 bits per heavy atom. The predicted molar refractivity (Wildman–Crippen MR) is 135 cm³/mol. The number of nitrogens with two attached hydrogens (primary N) is 1. The van der Waals surface area contributed by atoms with Crippen molar-refractivity contribution >= 4 is 17.6 Å². The number of urea groups is 1. The van der Waals surface area contributed by atoms with Gasteiger partial charge in [0.2, 0.25) is 0 Å². The van der Waals surface area contributed by atoms with Crippen molar-refractivity contribution in [2.75, 3.05) is 19.6 Å². The standard InChI is InChI=1S/C27H35ClN4O2/c28-22-9-14-30(25(33)16-22)18-21-8-13-31(19-27(21)11-4-5-12-27)26(34)32-15-10-23(29)17-24(32)20-6-2-1-3-7-20/h1-3,6-7,9,14,16,21,23-24H,4-5,8,10-13,15,17-19,29H2/t21-,23+,24-/m0/s1. The topological polar surface area (TPSA) is 71.6 Å². The van der Waals surface area contributed by atoms with Gasteiger partial charge in [-0.1, -0.05) is 54.8 Å². The average Bonchev–Trinajstić information content (AvgIpc) is 3.31. The quantitative estimate of drug-likeness (QED) is 0.691. The lowest BCUT2D eigenvalue weighted by Crippen LogP contribution is -2.56. The van der Waals surface area contributed by atoms with Crippen LogP contribution in [0.4, 0.5) is 4.79 Å². The minimum absolute atomic E-state index is 0.0299. The van der Waals surface area contributed by atoms with E-state index in [1.165, 1.54) is 24.5 Å². The molecule has 2 amide bonds. The minimum Gasteiger partial charge on any atom is -0.328 e. The van der Waals surface area contributed by atoms with E-state index in [1.54, 1.807) is 10.6 Å².